The third-order valence-electron chi connectivity index (χ3n) is 9.22. The van der Waals surface area contributed by atoms with Gasteiger partial charge in [0, 0.05) is 13.0 Å². The van der Waals surface area contributed by atoms with Gasteiger partial charge in [-0.2, -0.15) is 8.42 Å². The van der Waals surface area contributed by atoms with Crippen molar-refractivity contribution in [3.8, 4) is 0 Å². The van der Waals surface area contributed by atoms with Gasteiger partial charge in [-0.3, -0.25) is 9.35 Å². The highest BCUT2D eigenvalue weighted by molar-refractivity contribution is 7.80. The summed E-state index contributed by atoms with van der Waals surface area (Å²) >= 11 is 0. The zero-order valence-electron chi connectivity index (χ0n) is 33.7. The Bertz CT molecular complexity index is 1160. The highest BCUT2D eigenvalue weighted by Crippen LogP contribution is 2.26. The minimum absolute atomic E-state index is 0.0296. The second-order valence-electron chi connectivity index (χ2n) is 14.2. The molecule has 0 bridgehead atoms. The Kier molecular flexibility index (Phi) is 31.7. The van der Waals surface area contributed by atoms with Crippen molar-refractivity contribution in [1.29, 1.82) is 0 Å². The lowest BCUT2D eigenvalue weighted by molar-refractivity contribution is -0.301. The van der Waals surface area contributed by atoms with Crippen LogP contribution in [0.4, 0.5) is 0 Å². The van der Waals surface area contributed by atoms with Gasteiger partial charge >= 0.3 is 16.4 Å². The van der Waals surface area contributed by atoms with Crippen LogP contribution in [-0.2, 0) is 38.3 Å². The Labute approximate surface area is 332 Å². The molecule has 1 heterocycles. The zero-order valence-corrected chi connectivity index (χ0v) is 34.5. The monoisotopic (exact) mass is 802 g/mol. The maximum Gasteiger partial charge on any atom is 0.397 e. The van der Waals surface area contributed by atoms with Crippen LogP contribution in [0.5, 0.6) is 0 Å². The number of hydrogen-bond donors (Lipinski definition) is 4. The lowest BCUT2D eigenvalue weighted by atomic mass is 9.99. The van der Waals surface area contributed by atoms with E-state index < -0.39 is 59.8 Å². The third-order valence-corrected chi connectivity index (χ3v) is 9.68. The van der Waals surface area contributed by atoms with Crippen LogP contribution in [-0.4, -0.2) is 97.5 Å². The van der Waals surface area contributed by atoms with E-state index >= 15 is 0 Å². The second-order valence-corrected chi connectivity index (χ2v) is 15.3. The fourth-order valence-corrected chi connectivity index (χ4v) is 6.58. The van der Waals surface area contributed by atoms with Gasteiger partial charge in [0.2, 0.25) is 0 Å². The van der Waals surface area contributed by atoms with Crippen molar-refractivity contribution in [2.75, 3.05) is 26.4 Å². The summed E-state index contributed by atoms with van der Waals surface area (Å²) in [5, 5.41) is 30.5. The topological polar surface area (TPSA) is 178 Å². The number of carbonyl (C=O) groups excluding carboxylic acids is 1. The molecule has 320 valence electrons. The van der Waals surface area contributed by atoms with Crippen molar-refractivity contribution in [2.45, 2.75) is 185 Å². The quantitative estimate of drug-likeness (QED) is 0.0210. The lowest BCUT2D eigenvalue weighted by Gasteiger charge is -2.41. The first-order valence-corrected chi connectivity index (χ1v) is 22.3. The average Bonchev–Trinajstić information content (AvgIpc) is 3.15. The Morgan fingerprint density at radius 3 is 1.84 bits per heavy atom. The lowest BCUT2D eigenvalue weighted by Crippen LogP contribution is -2.60. The van der Waals surface area contributed by atoms with Crippen molar-refractivity contribution in [3.05, 3.63) is 48.6 Å². The van der Waals surface area contributed by atoms with Crippen LogP contribution in [0.25, 0.3) is 0 Å². The van der Waals surface area contributed by atoms with Crippen molar-refractivity contribution in [1.82, 2.24) is 0 Å². The summed E-state index contributed by atoms with van der Waals surface area (Å²) in [4.78, 5) is 12.8. The normalized spacial score (nSPS) is 21.5. The van der Waals surface area contributed by atoms with Crippen molar-refractivity contribution >= 4 is 16.4 Å². The molecule has 1 fully saturated rings. The molecular formula is C42H74O12S. The van der Waals surface area contributed by atoms with Gasteiger partial charge < -0.3 is 34.3 Å². The van der Waals surface area contributed by atoms with Gasteiger partial charge in [0.1, 0.15) is 30.5 Å². The molecule has 0 aliphatic carbocycles. The molecule has 0 amide bonds. The Hall–Kier alpha value is -1.94. The van der Waals surface area contributed by atoms with E-state index in [2.05, 4.69) is 66.6 Å². The fraction of sp³-hybridized carbons (Fsp3) is 0.786. The molecule has 0 aromatic heterocycles. The minimum Gasteiger partial charge on any atom is -0.457 e. The molecule has 0 saturated carbocycles. The predicted molar refractivity (Wildman–Crippen MR) is 216 cm³/mol. The number of carbonyl (C=O) groups is 1. The van der Waals surface area contributed by atoms with Gasteiger partial charge in [0.15, 0.2) is 6.29 Å². The van der Waals surface area contributed by atoms with Crippen LogP contribution < -0.4 is 0 Å². The molecule has 0 radical (unpaired) electrons. The second kappa shape index (κ2) is 34.1. The first-order chi connectivity index (χ1) is 26.6. The molecule has 6 unspecified atom stereocenters. The molecule has 6 atom stereocenters. The summed E-state index contributed by atoms with van der Waals surface area (Å²) in [6, 6.07) is 0. The van der Waals surface area contributed by atoms with E-state index in [1.165, 1.54) is 38.5 Å². The zero-order chi connectivity index (χ0) is 40.4. The number of hydrogen-bond acceptors (Lipinski definition) is 11. The van der Waals surface area contributed by atoms with E-state index in [0.29, 0.717) is 13.0 Å². The summed E-state index contributed by atoms with van der Waals surface area (Å²) in [6.45, 7) is 3.82. The number of aliphatic hydroxyl groups excluding tert-OH is 3. The number of allylic oxidation sites excluding steroid dienone is 8. The molecule has 1 aliphatic heterocycles. The summed E-state index contributed by atoms with van der Waals surface area (Å²) < 4.78 is 58.8. The predicted octanol–water partition coefficient (Wildman–Crippen LogP) is 8.02. The molecule has 0 aromatic carbocycles. The maximum absolute atomic E-state index is 12.8. The number of ether oxygens (including phenoxy) is 4. The average molecular weight is 803 g/mol. The molecule has 1 saturated heterocycles. The summed E-state index contributed by atoms with van der Waals surface area (Å²) in [6.07, 6.45) is 30.1. The largest absolute Gasteiger partial charge is 0.457 e. The van der Waals surface area contributed by atoms with E-state index in [9.17, 15) is 28.5 Å². The van der Waals surface area contributed by atoms with Crippen LogP contribution in [0.3, 0.4) is 0 Å². The van der Waals surface area contributed by atoms with E-state index in [-0.39, 0.29) is 19.6 Å². The van der Waals surface area contributed by atoms with Crippen LogP contribution >= 0.6 is 0 Å². The standard InChI is InChI=1S/C42H74O12S/c1-3-5-7-9-11-13-14-15-16-17-18-19-20-21-22-23-25-27-29-31-38(44)52-36(34-50-32-30-28-26-24-12-10-8-6-4-2)35-51-42-40(46)41(54-55(47,48)49)39(45)37(33-43)53-42/h5,7,11,13,15-16,18-19,36-37,39-43,45-46H,3-4,6,8-10,12,14,17,20-35H2,1-2H3,(H,47,48,49)/b7-5-,13-11-,16-15-,19-18-. The maximum atomic E-state index is 12.8. The Balaban J connectivity index is 2.44. The summed E-state index contributed by atoms with van der Waals surface area (Å²) in [5.74, 6) is -0.416. The van der Waals surface area contributed by atoms with E-state index in [1.807, 2.05) is 0 Å². The smallest absolute Gasteiger partial charge is 0.397 e. The summed E-state index contributed by atoms with van der Waals surface area (Å²) in [7, 11) is -5.06. The summed E-state index contributed by atoms with van der Waals surface area (Å²) in [5.41, 5.74) is 0. The van der Waals surface area contributed by atoms with E-state index in [1.54, 1.807) is 0 Å². The van der Waals surface area contributed by atoms with Gasteiger partial charge in [0.25, 0.3) is 0 Å². The molecular weight excluding hydrogens is 729 g/mol. The van der Waals surface area contributed by atoms with E-state index in [0.717, 1.165) is 83.5 Å². The van der Waals surface area contributed by atoms with Crippen LogP contribution in [0, 0.1) is 0 Å². The number of rotatable bonds is 35. The van der Waals surface area contributed by atoms with Gasteiger partial charge in [-0.15, -0.1) is 0 Å². The number of unbranched alkanes of at least 4 members (excludes halogenated alkanes) is 14. The minimum atomic E-state index is -5.06. The highest BCUT2D eigenvalue weighted by atomic mass is 32.3. The van der Waals surface area contributed by atoms with E-state index in [4.69, 9.17) is 23.5 Å². The van der Waals surface area contributed by atoms with Gasteiger partial charge in [-0.1, -0.05) is 140 Å². The first-order valence-electron chi connectivity index (χ1n) is 20.9. The molecule has 1 rings (SSSR count). The molecule has 55 heavy (non-hydrogen) atoms. The number of aliphatic hydroxyl groups is 3. The highest BCUT2D eigenvalue weighted by Gasteiger charge is 2.48. The van der Waals surface area contributed by atoms with Crippen LogP contribution in [0.15, 0.2) is 48.6 Å². The van der Waals surface area contributed by atoms with Gasteiger partial charge in [-0.05, 0) is 51.4 Å². The van der Waals surface area contributed by atoms with Gasteiger partial charge in [0.05, 0.1) is 19.8 Å². The first kappa shape index (κ1) is 51.1. The molecule has 13 heteroatoms. The van der Waals surface area contributed by atoms with Crippen molar-refractivity contribution < 1.29 is 56.2 Å². The number of esters is 1. The molecule has 4 N–H and O–H groups in total. The third kappa shape index (κ3) is 28.2. The van der Waals surface area contributed by atoms with Crippen LogP contribution in [0.1, 0.15) is 149 Å². The van der Waals surface area contributed by atoms with Gasteiger partial charge in [-0.25, -0.2) is 4.18 Å². The SMILES string of the molecule is CC/C=C\C/C=C\C/C=C\C/C=C\CCCCCCCCC(=O)OC(COCCCCCCCCCCC)COC1OC(CO)C(O)C(OS(=O)(=O)O)C1O. The molecule has 0 aromatic rings. The van der Waals surface area contributed by atoms with Crippen molar-refractivity contribution in [3.63, 3.8) is 0 Å². The van der Waals surface area contributed by atoms with Crippen molar-refractivity contribution in [2.24, 2.45) is 0 Å². The molecule has 12 nitrogen and oxygen atoms in total. The fourth-order valence-electron chi connectivity index (χ4n) is 6.07. The Morgan fingerprint density at radius 1 is 0.709 bits per heavy atom. The molecule has 0 spiro atoms. The van der Waals surface area contributed by atoms with Crippen LogP contribution in [0.2, 0.25) is 0 Å². The molecule has 1 aliphatic rings. The Morgan fingerprint density at radius 2 is 1.25 bits per heavy atom.